The highest BCUT2D eigenvalue weighted by molar-refractivity contribution is 9.10. The Kier molecular flexibility index (Phi) is 5.68. The van der Waals surface area contributed by atoms with Crippen LogP contribution in [-0.4, -0.2) is 6.54 Å². The third kappa shape index (κ3) is 4.12. The van der Waals surface area contributed by atoms with Gasteiger partial charge in [0, 0.05) is 10.0 Å². The van der Waals surface area contributed by atoms with Crippen molar-refractivity contribution in [1.82, 2.24) is 5.32 Å². The average Bonchev–Trinajstić information content (AvgIpc) is 2.88. The normalized spacial score (nSPS) is 10.8. The predicted molar refractivity (Wildman–Crippen MR) is 83.9 cm³/mol. The summed E-state index contributed by atoms with van der Waals surface area (Å²) < 4.78 is 12.4. The summed E-state index contributed by atoms with van der Waals surface area (Å²) in [5.41, 5.74) is 2.22. The minimum absolute atomic E-state index is 0.525. The van der Waals surface area contributed by atoms with Crippen LogP contribution in [0.4, 0.5) is 0 Å². The Morgan fingerprint density at radius 3 is 2.95 bits per heavy atom. The highest BCUT2D eigenvalue weighted by Gasteiger charge is 2.08. The summed E-state index contributed by atoms with van der Waals surface area (Å²) in [6.45, 7) is 6.45. The molecule has 1 aromatic heterocycles. The number of hydrogen-bond donors (Lipinski definition) is 1. The third-order valence-corrected chi connectivity index (χ3v) is 3.58. The second-order valence-corrected chi connectivity index (χ2v) is 5.66. The highest BCUT2D eigenvalue weighted by atomic mass is 79.9. The molecule has 20 heavy (non-hydrogen) atoms. The van der Waals surface area contributed by atoms with Crippen molar-refractivity contribution in [2.45, 2.75) is 33.4 Å². The number of nitrogens with one attached hydrogen (secondary N) is 1. The van der Waals surface area contributed by atoms with E-state index in [0.29, 0.717) is 6.61 Å². The number of halogens is 1. The molecule has 1 N–H and O–H groups in total. The van der Waals surface area contributed by atoms with E-state index in [-0.39, 0.29) is 0 Å². The zero-order valence-electron chi connectivity index (χ0n) is 11.9. The van der Waals surface area contributed by atoms with Crippen molar-refractivity contribution in [3.8, 4) is 5.75 Å². The maximum absolute atomic E-state index is 5.89. The lowest BCUT2D eigenvalue weighted by atomic mass is 10.2. The van der Waals surface area contributed by atoms with Gasteiger partial charge >= 0.3 is 0 Å². The van der Waals surface area contributed by atoms with Crippen molar-refractivity contribution in [2.24, 2.45) is 0 Å². The molecule has 0 saturated heterocycles. The molecule has 2 rings (SSSR count). The van der Waals surface area contributed by atoms with E-state index in [1.54, 1.807) is 6.26 Å². The van der Waals surface area contributed by atoms with Crippen LogP contribution >= 0.6 is 15.9 Å². The second kappa shape index (κ2) is 7.50. The summed E-state index contributed by atoms with van der Waals surface area (Å²) >= 11 is 3.46. The van der Waals surface area contributed by atoms with Crippen LogP contribution in [-0.2, 0) is 13.2 Å². The van der Waals surface area contributed by atoms with E-state index >= 15 is 0 Å². The molecule has 0 amide bonds. The molecule has 0 spiro atoms. The van der Waals surface area contributed by atoms with Gasteiger partial charge in [0.15, 0.2) is 0 Å². The molecular formula is C16H20BrNO2. The van der Waals surface area contributed by atoms with Gasteiger partial charge in [-0.2, -0.15) is 0 Å². The molecule has 108 valence electrons. The summed E-state index contributed by atoms with van der Waals surface area (Å²) in [4.78, 5) is 0. The lowest BCUT2D eigenvalue weighted by molar-refractivity contribution is 0.299. The van der Waals surface area contributed by atoms with Crippen LogP contribution in [0.2, 0.25) is 0 Å². The molecule has 0 unspecified atom stereocenters. The van der Waals surface area contributed by atoms with Gasteiger partial charge in [-0.3, -0.25) is 0 Å². The van der Waals surface area contributed by atoms with Crippen molar-refractivity contribution >= 4 is 15.9 Å². The first-order valence-corrected chi connectivity index (χ1v) is 7.65. The minimum Gasteiger partial charge on any atom is -0.488 e. The Hall–Kier alpha value is -1.26. The van der Waals surface area contributed by atoms with Gasteiger partial charge in [0.05, 0.1) is 12.8 Å². The van der Waals surface area contributed by atoms with Crippen LogP contribution in [0.25, 0.3) is 0 Å². The fourth-order valence-corrected chi connectivity index (χ4v) is 2.25. The maximum atomic E-state index is 5.89. The molecule has 0 aliphatic carbocycles. The number of aryl methyl sites for hydroxylation is 1. The van der Waals surface area contributed by atoms with E-state index < -0.39 is 0 Å². The van der Waals surface area contributed by atoms with Gasteiger partial charge in [-0.25, -0.2) is 0 Å². The Labute approximate surface area is 128 Å². The average molecular weight is 338 g/mol. The van der Waals surface area contributed by atoms with Gasteiger partial charge in [0.1, 0.15) is 18.1 Å². The zero-order chi connectivity index (χ0) is 14.4. The maximum Gasteiger partial charge on any atom is 0.124 e. The van der Waals surface area contributed by atoms with E-state index in [0.717, 1.165) is 46.6 Å². The SMILES string of the molecule is CCCNCc1occc1COc1cc(Br)ccc1C. The molecule has 2 aromatic rings. The molecule has 0 aliphatic rings. The lowest BCUT2D eigenvalue weighted by Crippen LogP contribution is -2.14. The summed E-state index contributed by atoms with van der Waals surface area (Å²) in [7, 11) is 0. The van der Waals surface area contributed by atoms with Gasteiger partial charge in [-0.05, 0) is 43.7 Å². The zero-order valence-corrected chi connectivity index (χ0v) is 13.5. The lowest BCUT2D eigenvalue weighted by Gasteiger charge is -2.10. The van der Waals surface area contributed by atoms with Crippen molar-refractivity contribution in [1.29, 1.82) is 0 Å². The summed E-state index contributed by atoms with van der Waals surface area (Å²) in [5.74, 6) is 1.85. The number of benzene rings is 1. The van der Waals surface area contributed by atoms with E-state index in [9.17, 15) is 0 Å². The number of ether oxygens (including phenoxy) is 1. The van der Waals surface area contributed by atoms with Crippen molar-refractivity contribution in [2.75, 3.05) is 6.54 Å². The van der Waals surface area contributed by atoms with E-state index in [4.69, 9.17) is 9.15 Å². The van der Waals surface area contributed by atoms with Crippen molar-refractivity contribution in [3.05, 3.63) is 51.9 Å². The molecule has 4 heteroatoms. The van der Waals surface area contributed by atoms with E-state index in [1.807, 2.05) is 31.2 Å². The standard InChI is InChI=1S/C16H20BrNO2/c1-3-7-18-10-16-13(6-8-19-16)11-20-15-9-14(17)5-4-12(15)2/h4-6,8-9,18H,3,7,10-11H2,1-2H3. The second-order valence-electron chi connectivity index (χ2n) is 4.74. The van der Waals surface area contributed by atoms with Crippen LogP contribution in [0.3, 0.4) is 0 Å². The highest BCUT2D eigenvalue weighted by Crippen LogP contribution is 2.24. The Bertz CT molecular complexity index is 551. The number of rotatable bonds is 7. The number of hydrogen-bond acceptors (Lipinski definition) is 3. The molecule has 1 aromatic carbocycles. The molecule has 0 bridgehead atoms. The van der Waals surface area contributed by atoms with Gasteiger partial charge in [-0.15, -0.1) is 0 Å². The van der Waals surface area contributed by atoms with Gasteiger partial charge in [-0.1, -0.05) is 28.9 Å². The third-order valence-electron chi connectivity index (χ3n) is 3.08. The molecule has 0 atom stereocenters. The van der Waals surface area contributed by atoms with Crippen LogP contribution in [0.5, 0.6) is 5.75 Å². The van der Waals surface area contributed by atoms with Crippen LogP contribution in [0.1, 0.15) is 30.2 Å². The van der Waals surface area contributed by atoms with Crippen molar-refractivity contribution in [3.63, 3.8) is 0 Å². The van der Waals surface area contributed by atoms with Gasteiger partial charge < -0.3 is 14.5 Å². The monoisotopic (exact) mass is 337 g/mol. The molecule has 0 radical (unpaired) electrons. The molecule has 0 fully saturated rings. The molecule has 0 saturated carbocycles. The smallest absolute Gasteiger partial charge is 0.124 e. The molecule has 0 aliphatic heterocycles. The Balaban J connectivity index is 1.97. The molecular weight excluding hydrogens is 318 g/mol. The van der Waals surface area contributed by atoms with Gasteiger partial charge in [0.25, 0.3) is 0 Å². The summed E-state index contributed by atoms with van der Waals surface area (Å²) in [6, 6.07) is 8.01. The summed E-state index contributed by atoms with van der Waals surface area (Å²) in [5, 5.41) is 3.34. The van der Waals surface area contributed by atoms with Crippen LogP contribution < -0.4 is 10.1 Å². The first-order valence-electron chi connectivity index (χ1n) is 6.85. The van der Waals surface area contributed by atoms with E-state index in [1.165, 1.54) is 0 Å². The fourth-order valence-electron chi connectivity index (χ4n) is 1.91. The molecule has 1 heterocycles. The largest absolute Gasteiger partial charge is 0.488 e. The number of furan rings is 1. The topological polar surface area (TPSA) is 34.4 Å². The molecule has 3 nitrogen and oxygen atoms in total. The summed E-state index contributed by atoms with van der Waals surface area (Å²) in [6.07, 6.45) is 2.83. The Morgan fingerprint density at radius 2 is 2.15 bits per heavy atom. The first kappa shape index (κ1) is 15.1. The quantitative estimate of drug-likeness (QED) is 0.759. The van der Waals surface area contributed by atoms with Crippen LogP contribution in [0, 0.1) is 6.92 Å². The first-order chi connectivity index (χ1) is 9.70. The Morgan fingerprint density at radius 1 is 1.30 bits per heavy atom. The van der Waals surface area contributed by atoms with Crippen LogP contribution in [0.15, 0.2) is 39.4 Å². The minimum atomic E-state index is 0.525. The van der Waals surface area contributed by atoms with Crippen molar-refractivity contribution < 1.29 is 9.15 Å². The van der Waals surface area contributed by atoms with E-state index in [2.05, 4.69) is 28.2 Å². The predicted octanol–water partition coefficient (Wildman–Crippen LogP) is 4.43. The fraction of sp³-hybridized carbons (Fsp3) is 0.375. The van der Waals surface area contributed by atoms with Gasteiger partial charge in [0.2, 0.25) is 0 Å².